The van der Waals surface area contributed by atoms with E-state index in [4.69, 9.17) is 4.74 Å². The van der Waals surface area contributed by atoms with Gasteiger partial charge in [0.1, 0.15) is 6.10 Å². The summed E-state index contributed by atoms with van der Waals surface area (Å²) in [6, 6.07) is 8.23. The molecule has 1 atom stereocenters. The van der Waals surface area contributed by atoms with Gasteiger partial charge in [0.2, 0.25) is 5.88 Å². The van der Waals surface area contributed by atoms with Crippen LogP contribution in [0.25, 0.3) is 10.9 Å². The number of nitrogens with zero attached hydrogens (tertiary/aromatic N) is 1. The van der Waals surface area contributed by atoms with Crippen molar-refractivity contribution >= 4 is 10.9 Å². The molecule has 2 aromatic rings. The normalized spacial score (nSPS) is 18.9. The van der Waals surface area contributed by atoms with Crippen molar-refractivity contribution in [3.63, 3.8) is 0 Å². The van der Waals surface area contributed by atoms with E-state index in [1.54, 1.807) is 0 Å². The zero-order valence-electron chi connectivity index (χ0n) is 8.95. The van der Waals surface area contributed by atoms with Crippen LogP contribution in [0.5, 0.6) is 5.88 Å². The number of hydrogen-bond acceptors (Lipinski definition) is 2. The van der Waals surface area contributed by atoms with Gasteiger partial charge in [-0.3, -0.25) is 0 Å². The molecule has 0 N–H and O–H groups in total. The van der Waals surface area contributed by atoms with Crippen LogP contribution >= 0.6 is 0 Å². The van der Waals surface area contributed by atoms with Crippen molar-refractivity contribution in [2.24, 2.45) is 0 Å². The first-order chi connectivity index (χ1) is 7.25. The Labute approximate surface area is 88.9 Å². The molecule has 1 aliphatic rings. The van der Waals surface area contributed by atoms with E-state index in [9.17, 15) is 0 Å². The molecule has 0 aliphatic carbocycles. The van der Waals surface area contributed by atoms with Crippen molar-refractivity contribution in [3.8, 4) is 5.88 Å². The van der Waals surface area contributed by atoms with Crippen molar-refractivity contribution < 1.29 is 4.74 Å². The summed E-state index contributed by atoms with van der Waals surface area (Å²) in [5, 5.41) is 1.24. The number of pyridine rings is 1. The minimum absolute atomic E-state index is 0.267. The fraction of sp³-hybridized carbons (Fsp3) is 0.308. The Hall–Kier alpha value is -1.57. The molecule has 0 unspecified atom stereocenters. The van der Waals surface area contributed by atoms with E-state index in [1.165, 1.54) is 16.5 Å². The van der Waals surface area contributed by atoms with Crippen LogP contribution in [0.2, 0.25) is 0 Å². The van der Waals surface area contributed by atoms with Gasteiger partial charge in [0.25, 0.3) is 0 Å². The lowest BCUT2D eigenvalue weighted by Crippen LogP contribution is -2.05. The van der Waals surface area contributed by atoms with Crippen LogP contribution < -0.4 is 4.74 Å². The van der Waals surface area contributed by atoms with Crippen LogP contribution in [-0.2, 0) is 6.42 Å². The third kappa shape index (κ3) is 1.21. The molecule has 1 aromatic carbocycles. The third-order valence-corrected chi connectivity index (χ3v) is 3.05. The van der Waals surface area contributed by atoms with Crippen LogP contribution in [-0.4, -0.2) is 11.1 Å². The molecule has 2 heterocycles. The first-order valence-corrected chi connectivity index (χ1v) is 5.30. The molecular formula is C13H13NO. The predicted molar refractivity (Wildman–Crippen MR) is 60.3 cm³/mol. The molecule has 0 bridgehead atoms. The Bertz CT molecular complexity index is 533. The number of benzene rings is 1. The fourth-order valence-electron chi connectivity index (χ4n) is 2.25. The summed E-state index contributed by atoms with van der Waals surface area (Å²) < 4.78 is 5.68. The summed E-state index contributed by atoms with van der Waals surface area (Å²) in [7, 11) is 0. The molecular weight excluding hydrogens is 186 g/mol. The van der Waals surface area contributed by atoms with Gasteiger partial charge in [-0.1, -0.05) is 18.2 Å². The van der Waals surface area contributed by atoms with Gasteiger partial charge in [-0.05, 0) is 25.5 Å². The van der Waals surface area contributed by atoms with Crippen LogP contribution in [0.1, 0.15) is 18.1 Å². The van der Waals surface area contributed by atoms with Gasteiger partial charge < -0.3 is 4.74 Å². The van der Waals surface area contributed by atoms with Gasteiger partial charge in [-0.15, -0.1) is 0 Å². The summed E-state index contributed by atoms with van der Waals surface area (Å²) in [5.74, 6) is 0.832. The quantitative estimate of drug-likeness (QED) is 0.651. The Morgan fingerprint density at radius 3 is 3.00 bits per heavy atom. The van der Waals surface area contributed by atoms with Crippen LogP contribution in [0.15, 0.2) is 24.3 Å². The average molecular weight is 199 g/mol. The molecule has 1 aliphatic heterocycles. The second kappa shape index (κ2) is 2.96. The lowest BCUT2D eigenvalue weighted by Gasteiger charge is -2.06. The largest absolute Gasteiger partial charge is 0.474 e. The molecule has 0 amide bonds. The molecule has 76 valence electrons. The third-order valence-electron chi connectivity index (χ3n) is 3.05. The molecule has 2 nitrogen and oxygen atoms in total. The van der Waals surface area contributed by atoms with Crippen molar-refractivity contribution in [3.05, 3.63) is 35.4 Å². The lowest BCUT2D eigenvalue weighted by molar-refractivity contribution is 0.247. The highest BCUT2D eigenvalue weighted by Crippen LogP contribution is 2.33. The SMILES string of the molecule is Cc1c2c(nc3ccccc13)O[C@H](C)C2. The fourth-order valence-corrected chi connectivity index (χ4v) is 2.25. The predicted octanol–water partition coefficient (Wildman–Crippen LogP) is 2.87. The van der Waals surface area contributed by atoms with Gasteiger partial charge in [0, 0.05) is 17.4 Å². The number of ether oxygens (including phenoxy) is 1. The highest BCUT2D eigenvalue weighted by atomic mass is 16.5. The van der Waals surface area contributed by atoms with E-state index < -0.39 is 0 Å². The van der Waals surface area contributed by atoms with E-state index >= 15 is 0 Å². The van der Waals surface area contributed by atoms with E-state index in [2.05, 4.69) is 31.0 Å². The van der Waals surface area contributed by atoms with E-state index in [0.29, 0.717) is 0 Å². The zero-order valence-corrected chi connectivity index (χ0v) is 8.95. The second-order valence-electron chi connectivity index (χ2n) is 4.17. The van der Waals surface area contributed by atoms with Gasteiger partial charge in [-0.2, -0.15) is 0 Å². The number of fused-ring (bicyclic) bond motifs is 2. The van der Waals surface area contributed by atoms with Crippen molar-refractivity contribution in [2.75, 3.05) is 0 Å². The number of para-hydroxylation sites is 1. The van der Waals surface area contributed by atoms with Gasteiger partial charge >= 0.3 is 0 Å². The zero-order chi connectivity index (χ0) is 10.4. The van der Waals surface area contributed by atoms with Crippen molar-refractivity contribution in [1.82, 2.24) is 4.98 Å². The highest BCUT2D eigenvalue weighted by Gasteiger charge is 2.23. The van der Waals surface area contributed by atoms with Crippen LogP contribution in [0.4, 0.5) is 0 Å². The Kier molecular flexibility index (Phi) is 1.72. The Morgan fingerprint density at radius 1 is 1.33 bits per heavy atom. The lowest BCUT2D eigenvalue weighted by atomic mass is 10.0. The maximum Gasteiger partial charge on any atom is 0.217 e. The molecule has 0 saturated carbocycles. The Balaban J connectivity index is 2.35. The summed E-state index contributed by atoms with van der Waals surface area (Å²) in [5.41, 5.74) is 3.63. The topological polar surface area (TPSA) is 22.1 Å². The molecule has 15 heavy (non-hydrogen) atoms. The van der Waals surface area contributed by atoms with Crippen LogP contribution in [0.3, 0.4) is 0 Å². The van der Waals surface area contributed by atoms with Crippen molar-refractivity contribution in [2.45, 2.75) is 26.4 Å². The summed E-state index contributed by atoms with van der Waals surface area (Å²) in [6.07, 6.45) is 1.25. The molecule has 0 fully saturated rings. The standard InChI is InChI=1S/C13H13NO/c1-8-7-11-9(2)10-5-3-4-6-12(10)14-13(11)15-8/h3-6,8H,7H2,1-2H3/t8-/m1/s1. The smallest absolute Gasteiger partial charge is 0.217 e. The number of aryl methyl sites for hydroxylation is 1. The van der Waals surface area contributed by atoms with Crippen molar-refractivity contribution in [1.29, 1.82) is 0 Å². The van der Waals surface area contributed by atoms with Gasteiger partial charge in [0.15, 0.2) is 0 Å². The second-order valence-corrected chi connectivity index (χ2v) is 4.17. The minimum Gasteiger partial charge on any atom is -0.474 e. The van der Waals surface area contributed by atoms with Gasteiger partial charge in [0.05, 0.1) is 5.52 Å². The maximum absolute atomic E-state index is 5.68. The molecule has 0 spiro atoms. The summed E-state index contributed by atoms with van der Waals surface area (Å²) in [4.78, 5) is 4.54. The molecule has 0 saturated heterocycles. The maximum atomic E-state index is 5.68. The van der Waals surface area contributed by atoms with E-state index in [1.807, 2.05) is 12.1 Å². The monoisotopic (exact) mass is 199 g/mol. The van der Waals surface area contributed by atoms with E-state index in [-0.39, 0.29) is 6.10 Å². The molecule has 0 radical (unpaired) electrons. The highest BCUT2D eigenvalue weighted by molar-refractivity contribution is 5.84. The summed E-state index contributed by atoms with van der Waals surface area (Å²) >= 11 is 0. The van der Waals surface area contributed by atoms with Gasteiger partial charge in [-0.25, -0.2) is 4.98 Å². The first-order valence-electron chi connectivity index (χ1n) is 5.30. The Morgan fingerprint density at radius 2 is 2.13 bits per heavy atom. The summed E-state index contributed by atoms with van der Waals surface area (Å²) in [6.45, 7) is 4.25. The molecule has 2 heteroatoms. The molecule has 1 aromatic heterocycles. The van der Waals surface area contributed by atoms with E-state index in [0.717, 1.165) is 17.8 Å². The minimum atomic E-state index is 0.267. The molecule has 3 rings (SSSR count). The number of rotatable bonds is 0. The van der Waals surface area contributed by atoms with Crippen LogP contribution in [0, 0.1) is 6.92 Å². The number of aromatic nitrogens is 1. The number of hydrogen-bond donors (Lipinski definition) is 0. The first kappa shape index (κ1) is 8.72. The average Bonchev–Trinajstić information content (AvgIpc) is 2.59.